The number of nitrogens with zero attached hydrogens (tertiary/aromatic N) is 2. The average molecular weight is 430 g/mol. The molecule has 0 aliphatic carbocycles. The molecular weight excluding hydrogens is 411 g/mol. The van der Waals surface area contributed by atoms with Crippen molar-refractivity contribution in [1.82, 2.24) is 0 Å². The van der Waals surface area contributed by atoms with Crippen LogP contribution in [0.1, 0.15) is 13.8 Å². The summed E-state index contributed by atoms with van der Waals surface area (Å²) >= 11 is 0. The normalized spacial score (nSPS) is 10.3. The number of pyridine rings is 1. The van der Waals surface area contributed by atoms with Crippen LogP contribution in [0.25, 0.3) is 11.1 Å². The van der Waals surface area contributed by atoms with E-state index < -0.39 is 4.92 Å². The molecular formula is C16H19IN2O4. The van der Waals surface area contributed by atoms with Gasteiger partial charge in [-0.15, -0.1) is 0 Å². The van der Waals surface area contributed by atoms with Gasteiger partial charge in [-0.3, -0.25) is 10.1 Å². The van der Waals surface area contributed by atoms with Crippen LogP contribution in [0, 0.1) is 10.1 Å². The van der Waals surface area contributed by atoms with Gasteiger partial charge in [-0.1, -0.05) is 0 Å². The molecule has 1 N–H and O–H groups in total. The van der Waals surface area contributed by atoms with E-state index in [2.05, 4.69) is 0 Å². The minimum Gasteiger partial charge on any atom is -1.00 e. The molecule has 0 radical (unpaired) electrons. The lowest BCUT2D eigenvalue weighted by Crippen LogP contribution is -3.00. The van der Waals surface area contributed by atoms with E-state index in [1.807, 2.05) is 42.9 Å². The van der Waals surface area contributed by atoms with Gasteiger partial charge in [0.05, 0.1) is 11.0 Å². The molecule has 0 atom stereocenters. The number of aliphatic hydroxyl groups excluding tert-OH is 1. The number of hydrogen-bond donors (Lipinski definition) is 1. The van der Waals surface area contributed by atoms with E-state index in [1.54, 1.807) is 12.1 Å². The van der Waals surface area contributed by atoms with E-state index >= 15 is 0 Å². The SMILES string of the molecule is CC(C)Oc1cc(-c2cc[n+](CCO)cc2)ccc1[N+](=O)[O-].[I-]. The van der Waals surface area contributed by atoms with Crippen molar-refractivity contribution in [2.75, 3.05) is 6.61 Å². The van der Waals surface area contributed by atoms with Crippen LogP contribution in [0.3, 0.4) is 0 Å². The van der Waals surface area contributed by atoms with Crippen molar-refractivity contribution in [1.29, 1.82) is 0 Å². The lowest BCUT2D eigenvalue weighted by molar-refractivity contribution is -0.698. The zero-order chi connectivity index (χ0) is 16.1. The first-order valence-corrected chi connectivity index (χ1v) is 7.06. The first-order valence-electron chi connectivity index (χ1n) is 7.06. The zero-order valence-corrected chi connectivity index (χ0v) is 15.1. The largest absolute Gasteiger partial charge is 1.00 e. The fourth-order valence-corrected chi connectivity index (χ4v) is 2.11. The van der Waals surface area contributed by atoms with Crippen LogP contribution in [-0.4, -0.2) is 22.7 Å². The Morgan fingerprint density at radius 1 is 1.22 bits per heavy atom. The van der Waals surface area contributed by atoms with Crippen molar-refractivity contribution < 1.29 is 43.3 Å². The van der Waals surface area contributed by atoms with E-state index in [0.717, 1.165) is 11.1 Å². The van der Waals surface area contributed by atoms with Crippen LogP contribution >= 0.6 is 0 Å². The molecule has 2 aromatic rings. The number of rotatable bonds is 6. The van der Waals surface area contributed by atoms with E-state index in [4.69, 9.17) is 9.84 Å². The van der Waals surface area contributed by atoms with Gasteiger partial charge in [0, 0.05) is 18.2 Å². The number of nitro benzene ring substituents is 1. The smallest absolute Gasteiger partial charge is 0.310 e. The molecule has 2 rings (SSSR count). The lowest BCUT2D eigenvalue weighted by Gasteiger charge is -2.11. The molecule has 0 saturated heterocycles. The fraction of sp³-hybridized carbons (Fsp3) is 0.312. The van der Waals surface area contributed by atoms with E-state index in [9.17, 15) is 10.1 Å². The molecule has 0 bridgehead atoms. The summed E-state index contributed by atoms with van der Waals surface area (Å²) in [5.41, 5.74) is 1.74. The third-order valence-electron chi connectivity index (χ3n) is 3.10. The minimum absolute atomic E-state index is 0. The Morgan fingerprint density at radius 3 is 2.39 bits per heavy atom. The maximum atomic E-state index is 11.1. The van der Waals surface area contributed by atoms with Gasteiger partial charge in [-0.2, -0.15) is 0 Å². The molecule has 124 valence electrons. The number of hydrogen-bond acceptors (Lipinski definition) is 4. The first kappa shape index (κ1) is 19.3. The van der Waals surface area contributed by atoms with Crippen molar-refractivity contribution in [3.05, 3.63) is 52.8 Å². The van der Waals surface area contributed by atoms with E-state index in [1.165, 1.54) is 6.07 Å². The summed E-state index contributed by atoms with van der Waals surface area (Å²) in [7, 11) is 0. The fourth-order valence-electron chi connectivity index (χ4n) is 2.11. The van der Waals surface area contributed by atoms with Crippen molar-refractivity contribution in [3.8, 4) is 16.9 Å². The molecule has 7 heteroatoms. The summed E-state index contributed by atoms with van der Waals surface area (Å²) in [5.74, 6) is 0.268. The molecule has 0 spiro atoms. The van der Waals surface area contributed by atoms with Crippen molar-refractivity contribution in [3.63, 3.8) is 0 Å². The maximum Gasteiger partial charge on any atom is 0.310 e. The van der Waals surface area contributed by atoms with Crippen molar-refractivity contribution in [2.45, 2.75) is 26.5 Å². The summed E-state index contributed by atoms with van der Waals surface area (Å²) in [6.45, 7) is 4.27. The van der Waals surface area contributed by atoms with Gasteiger partial charge in [0.1, 0.15) is 6.61 Å². The van der Waals surface area contributed by atoms with Crippen LogP contribution in [0.4, 0.5) is 5.69 Å². The Kier molecular flexibility index (Phi) is 7.37. The Hall–Kier alpha value is -1.74. The Labute approximate surface area is 151 Å². The van der Waals surface area contributed by atoms with Crippen LogP contribution in [0.2, 0.25) is 0 Å². The number of ether oxygens (including phenoxy) is 1. The minimum atomic E-state index is -0.443. The standard InChI is InChI=1S/C16H19N2O4.HI/c1-12(2)22-16-11-14(3-4-15(16)18(20)21)13-5-7-17(8-6-13)9-10-19;/h3-8,11-12,19H,9-10H2,1-2H3;1H/q+1;/p-1. The third-order valence-corrected chi connectivity index (χ3v) is 3.10. The Bertz CT molecular complexity index is 660. The molecule has 1 aromatic carbocycles. The van der Waals surface area contributed by atoms with Crippen molar-refractivity contribution >= 4 is 5.69 Å². The average Bonchev–Trinajstić information content (AvgIpc) is 2.47. The monoisotopic (exact) mass is 430 g/mol. The topological polar surface area (TPSA) is 76.5 Å². The first-order chi connectivity index (χ1) is 10.5. The maximum absolute atomic E-state index is 11.1. The van der Waals surface area contributed by atoms with E-state index in [-0.39, 0.29) is 48.1 Å². The lowest BCUT2D eigenvalue weighted by atomic mass is 10.1. The second-order valence-corrected chi connectivity index (χ2v) is 5.15. The molecule has 0 saturated carbocycles. The highest BCUT2D eigenvalue weighted by Crippen LogP contribution is 2.32. The van der Waals surface area contributed by atoms with Crippen molar-refractivity contribution in [2.24, 2.45) is 0 Å². The number of aromatic nitrogens is 1. The van der Waals surface area contributed by atoms with Gasteiger partial charge >= 0.3 is 5.69 Å². The summed E-state index contributed by atoms with van der Waals surface area (Å²) in [6.07, 6.45) is 3.57. The van der Waals surface area contributed by atoms with Crippen LogP contribution in [0.15, 0.2) is 42.7 Å². The second kappa shape index (κ2) is 8.78. The molecule has 1 heterocycles. The number of benzene rings is 1. The van der Waals surface area contributed by atoms with Gasteiger partial charge in [0.25, 0.3) is 0 Å². The molecule has 0 fully saturated rings. The van der Waals surface area contributed by atoms with Crippen LogP contribution in [-0.2, 0) is 6.54 Å². The number of nitro groups is 1. The number of aliphatic hydroxyl groups is 1. The highest BCUT2D eigenvalue weighted by Gasteiger charge is 2.17. The van der Waals surface area contributed by atoms with Gasteiger partial charge in [0.2, 0.25) is 0 Å². The molecule has 0 aliphatic heterocycles. The molecule has 23 heavy (non-hydrogen) atoms. The molecule has 0 aliphatic rings. The molecule has 0 amide bonds. The molecule has 0 unspecified atom stereocenters. The van der Waals surface area contributed by atoms with E-state index in [0.29, 0.717) is 6.54 Å². The highest BCUT2D eigenvalue weighted by molar-refractivity contribution is 5.67. The summed E-state index contributed by atoms with van der Waals surface area (Å²) in [4.78, 5) is 10.6. The Morgan fingerprint density at radius 2 is 1.87 bits per heavy atom. The number of halogens is 1. The van der Waals surface area contributed by atoms with Gasteiger partial charge in [-0.05, 0) is 37.1 Å². The summed E-state index contributed by atoms with van der Waals surface area (Å²) in [6, 6.07) is 8.65. The third kappa shape index (κ3) is 5.14. The quantitative estimate of drug-likeness (QED) is 0.286. The Balaban J connectivity index is 0.00000264. The highest BCUT2D eigenvalue weighted by atomic mass is 127. The van der Waals surface area contributed by atoms with Crippen LogP contribution in [0.5, 0.6) is 5.75 Å². The van der Waals surface area contributed by atoms with Gasteiger partial charge < -0.3 is 33.8 Å². The molecule has 1 aromatic heterocycles. The predicted octanol–water partition coefficient (Wildman–Crippen LogP) is -0.667. The van der Waals surface area contributed by atoms with Gasteiger partial charge in [0.15, 0.2) is 24.7 Å². The van der Waals surface area contributed by atoms with Crippen LogP contribution < -0.4 is 33.3 Å². The second-order valence-electron chi connectivity index (χ2n) is 5.15. The summed E-state index contributed by atoms with van der Waals surface area (Å²) in [5, 5.41) is 20.0. The van der Waals surface area contributed by atoms with Gasteiger partial charge in [-0.25, -0.2) is 4.57 Å². The molecule has 6 nitrogen and oxygen atoms in total. The predicted molar refractivity (Wildman–Crippen MR) is 81.6 cm³/mol. The summed E-state index contributed by atoms with van der Waals surface area (Å²) < 4.78 is 7.41. The zero-order valence-electron chi connectivity index (χ0n) is 13.0.